The fraction of sp³-hybridized carbons (Fsp3) is 0.310. The molecule has 2 aliphatic rings. The van der Waals surface area contributed by atoms with Crippen LogP contribution in [0.15, 0.2) is 77.7 Å². The van der Waals surface area contributed by atoms with Crippen LogP contribution in [0.4, 0.5) is 0 Å². The molecule has 0 saturated heterocycles. The molecule has 186 valence electrons. The second kappa shape index (κ2) is 10.6. The van der Waals surface area contributed by atoms with Gasteiger partial charge in [0.2, 0.25) is 0 Å². The van der Waals surface area contributed by atoms with Crippen LogP contribution in [0.1, 0.15) is 36.8 Å². The minimum absolute atomic E-state index is 0.187. The van der Waals surface area contributed by atoms with E-state index in [1.54, 1.807) is 6.20 Å². The number of aliphatic hydroxyl groups is 1. The number of alkyl halides is 1. The molecule has 2 heterocycles. The van der Waals surface area contributed by atoms with E-state index in [2.05, 4.69) is 69.7 Å². The molecule has 1 aliphatic heterocycles. The smallest absolute Gasteiger partial charge is 0.149 e. The van der Waals surface area contributed by atoms with E-state index in [1.165, 1.54) is 5.56 Å². The third-order valence-electron chi connectivity index (χ3n) is 7.40. The van der Waals surface area contributed by atoms with Gasteiger partial charge in [-0.1, -0.05) is 65.1 Å². The summed E-state index contributed by atoms with van der Waals surface area (Å²) in [5.74, 6) is 1.33. The quantitative estimate of drug-likeness (QED) is 0.205. The number of hydrogen-bond donors (Lipinski definition) is 3. The number of aliphatic hydroxyl groups excluding tert-OH is 1. The Hall–Kier alpha value is -2.91. The van der Waals surface area contributed by atoms with Crippen LogP contribution in [0.3, 0.4) is 0 Å². The Balaban J connectivity index is 1.52. The highest BCUT2D eigenvalue weighted by molar-refractivity contribution is 14.1. The number of benzene rings is 2. The first-order chi connectivity index (χ1) is 17.5. The van der Waals surface area contributed by atoms with Gasteiger partial charge >= 0.3 is 0 Å². The molecule has 2 aromatic carbocycles. The number of nitrogens with zero attached hydrogens (tertiary/aromatic N) is 3. The summed E-state index contributed by atoms with van der Waals surface area (Å²) in [6.45, 7) is 2.39. The van der Waals surface area contributed by atoms with Crippen molar-refractivity contribution in [3.8, 4) is 11.3 Å². The predicted molar refractivity (Wildman–Crippen MR) is 156 cm³/mol. The summed E-state index contributed by atoms with van der Waals surface area (Å²) in [4.78, 5) is 11.5. The minimum atomic E-state index is 0.187. The molecule has 3 aromatic rings. The average Bonchev–Trinajstić information content (AvgIpc) is 2.92. The lowest BCUT2D eigenvalue weighted by atomic mass is 9.82. The molecule has 1 saturated carbocycles. The van der Waals surface area contributed by atoms with Crippen LogP contribution < -0.4 is 11.5 Å². The topological polar surface area (TPSA) is 101 Å². The number of halogens is 1. The summed E-state index contributed by atoms with van der Waals surface area (Å²) in [6.07, 6.45) is 7.98. The Morgan fingerprint density at radius 3 is 2.58 bits per heavy atom. The first-order valence-corrected chi connectivity index (χ1v) is 13.7. The van der Waals surface area contributed by atoms with Gasteiger partial charge in [-0.05, 0) is 62.1 Å². The first-order valence-electron chi connectivity index (χ1n) is 12.5. The van der Waals surface area contributed by atoms with Gasteiger partial charge < -0.3 is 21.5 Å². The number of aryl methyl sites for hydroxylation is 1. The Labute approximate surface area is 225 Å². The molecule has 5 N–H and O–H groups in total. The van der Waals surface area contributed by atoms with E-state index in [0.717, 1.165) is 59.1 Å². The van der Waals surface area contributed by atoms with Gasteiger partial charge in [-0.25, -0.2) is 9.98 Å². The van der Waals surface area contributed by atoms with E-state index in [9.17, 15) is 5.11 Å². The monoisotopic (exact) mass is 593 g/mol. The van der Waals surface area contributed by atoms with Crippen molar-refractivity contribution in [2.75, 3.05) is 6.61 Å². The first kappa shape index (κ1) is 24.8. The molecular weight excluding hydrogens is 561 g/mol. The lowest BCUT2D eigenvalue weighted by Gasteiger charge is -2.38. The Kier molecular flexibility index (Phi) is 7.29. The van der Waals surface area contributed by atoms with Crippen LogP contribution in [-0.4, -0.2) is 31.5 Å². The van der Waals surface area contributed by atoms with E-state index >= 15 is 0 Å². The van der Waals surface area contributed by atoms with E-state index in [4.69, 9.17) is 16.5 Å². The van der Waals surface area contributed by atoms with Crippen LogP contribution in [0.2, 0.25) is 0 Å². The zero-order valence-electron chi connectivity index (χ0n) is 20.4. The molecule has 5 rings (SSSR count). The van der Waals surface area contributed by atoms with Gasteiger partial charge in [0.05, 0.1) is 21.0 Å². The van der Waals surface area contributed by atoms with Crippen molar-refractivity contribution in [1.29, 1.82) is 0 Å². The fourth-order valence-electron chi connectivity index (χ4n) is 5.27. The van der Waals surface area contributed by atoms with Crippen molar-refractivity contribution in [2.24, 2.45) is 28.3 Å². The molecule has 1 unspecified atom stereocenters. The maximum Gasteiger partial charge on any atom is 0.149 e. The normalized spacial score (nSPS) is 22.4. The van der Waals surface area contributed by atoms with Crippen molar-refractivity contribution in [2.45, 2.75) is 36.7 Å². The summed E-state index contributed by atoms with van der Waals surface area (Å²) in [5, 5.41) is 10.6. The van der Waals surface area contributed by atoms with Crippen molar-refractivity contribution < 1.29 is 5.11 Å². The highest BCUT2D eigenvalue weighted by Crippen LogP contribution is 2.38. The average molecular weight is 594 g/mol. The maximum absolute atomic E-state index is 9.53. The third-order valence-corrected chi connectivity index (χ3v) is 9.02. The molecule has 6 nitrogen and oxygen atoms in total. The molecular formula is C29H32IN5O. The molecule has 1 fully saturated rings. The van der Waals surface area contributed by atoms with Gasteiger partial charge in [0.1, 0.15) is 11.5 Å². The molecule has 36 heavy (non-hydrogen) atoms. The van der Waals surface area contributed by atoms with E-state index in [-0.39, 0.29) is 10.7 Å². The number of amidine groups is 1. The minimum Gasteiger partial charge on any atom is -0.396 e. The van der Waals surface area contributed by atoms with Crippen LogP contribution in [0.25, 0.3) is 27.9 Å². The number of rotatable bonds is 5. The molecule has 1 aliphatic carbocycles. The van der Waals surface area contributed by atoms with Gasteiger partial charge in [0.15, 0.2) is 0 Å². The number of fused-ring (bicyclic) bond motifs is 1. The lowest BCUT2D eigenvalue weighted by molar-refractivity contribution is 0.155. The largest absolute Gasteiger partial charge is 0.396 e. The fourth-order valence-corrected chi connectivity index (χ4v) is 6.46. The third kappa shape index (κ3) is 4.86. The lowest BCUT2D eigenvalue weighted by Crippen LogP contribution is -2.40. The molecule has 0 amide bonds. The zero-order valence-corrected chi connectivity index (χ0v) is 22.6. The SMILES string of the molecule is Cc1cc(-c2ccccc2)nc2cc(/C(N)=C3\C(N)=NC=CN3C(I)C3CCC(CO)CC3)ccc12. The molecule has 0 radical (unpaired) electrons. The van der Waals surface area contributed by atoms with E-state index in [1.807, 2.05) is 30.5 Å². The maximum atomic E-state index is 9.53. The number of hydrogen-bond acceptors (Lipinski definition) is 6. The number of aromatic nitrogens is 1. The summed E-state index contributed by atoms with van der Waals surface area (Å²) >= 11 is 2.51. The molecule has 1 atom stereocenters. The highest BCUT2D eigenvalue weighted by Gasteiger charge is 2.32. The van der Waals surface area contributed by atoms with Crippen molar-refractivity contribution in [1.82, 2.24) is 9.88 Å². The van der Waals surface area contributed by atoms with E-state index < -0.39 is 0 Å². The standard InChI is InChI=1S/C29H32IN5O/c1-18-15-24(20-5-3-2-4-6-20)34-25-16-22(11-12-23(18)25)26(31)27-29(32)33-13-14-35(27)28(30)21-9-7-19(17-36)8-10-21/h2-6,11-16,19,21,28,36H,7-10,17,31H2,1H3,(H2,32,33)/b27-26-. The number of aliphatic imine (C=N–C) groups is 1. The summed E-state index contributed by atoms with van der Waals surface area (Å²) in [7, 11) is 0. The molecule has 0 bridgehead atoms. The van der Waals surface area contributed by atoms with E-state index in [0.29, 0.717) is 23.4 Å². The zero-order chi connectivity index (χ0) is 25.2. The van der Waals surface area contributed by atoms with Crippen LogP contribution in [-0.2, 0) is 0 Å². The van der Waals surface area contributed by atoms with Crippen LogP contribution in [0, 0.1) is 18.8 Å². The number of pyridine rings is 1. The number of nitrogens with two attached hydrogens (primary N) is 2. The molecule has 1 aromatic heterocycles. The highest BCUT2D eigenvalue weighted by atomic mass is 127. The van der Waals surface area contributed by atoms with Crippen LogP contribution in [0.5, 0.6) is 0 Å². The van der Waals surface area contributed by atoms with Crippen molar-refractivity contribution in [3.05, 3.63) is 83.8 Å². The van der Waals surface area contributed by atoms with Gasteiger partial charge in [-0.15, -0.1) is 0 Å². The Morgan fingerprint density at radius 2 is 1.86 bits per heavy atom. The Bertz CT molecular complexity index is 1340. The van der Waals surface area contributed by atoms with Crippen molar-refractivity contribution >= 4 is 45.0 Å². The predicted octanol–water partition coefficient (Wildman–Crippen LogP) is 5.54. The summed E-state index contributed by atoms with van der Waals surface area (Å²) in [5.41, 5.74) is 19.6. The molecule has 7 heteroatoms. The van der Waals surface area contributed by atoms with Gasteiger partial charge in [-0.2, -0.15) is 0 Å². The van der Waals surface area contributed by atoms with Crippen LogP contribution >= 0.6 is 22.6 Å². The second-order valence-corrected chi connectivity index (χ2v) is 11.0. The van der Waals surface area contributed by atoms with Gasteiger partial charge in [-0.3, -0.25) is 0 Å². The summed E-state index contributed by atoms with van der Waals surface area (Å²) < 4.78 is 0.187. The Morgan fingerprint density at radius 1 is 1.11 bits per heavy atom. The van der Waals surface area contributed by atoms with Gasteiger partial charge in [0.25, 0.3) is 0 Å². The summed E-state index contributed by atoms with van der Waals surface area (Å²) in [6, 6.07) is 18.5. The second-order valence-electron chi connectivity index (χ2n) is 9.74. The van der Waals surface area contributed by atoms with Gasteiger partial charge in [0, 0.05) is 35.5 Å². The van der Waals surface area contributed by atoms with Crippen molar-refractivity contribution in [3.63, 3.8) is 0 Å². The molecule has 0 spiro atoms.